The Hall–Kier alpha value is -2.72. The van der Waals surface area contributed by atoms with E-state index in [1.54, 1.807) is 54.6 Å². The Morgan fingerprint density at radius 3 is 2.45 bits per heavy atom. The lowest BCUT2D eigenvalue weighted by Crippen LogP contribution is -2.19. The molecule has 0 heterocycles. The van der Waals surface area contributed by atoms with E-state index in [4.69, 9.17) is 11.6 Å². The highest BCUT2D eigenvalue weighted by atomic mass is 35.5. The lowest BCUT2D eigenvalue weighted by molar-refractivity contribution is 0.262. The van der Waals surface area contributed by atoms with Gasteiger partial charge in [0, 0.05) is 21.5 Å². The molecular formula is C17H13ClN2O2. The van der Waals surface area contributed by atoms with Crippen LogP contribution in [-0.2, 0) is 0 Å². The van der Waals surface area contributed by atoms with Crippen molar-refractivity contribution in [2.45, 2.75) is 0 Å². The molecule has 3 aromatic rings. The van der Waals surface area contributed by atoms with E-state index in [1.807, 2.05) is 6.07 Å². The van der Waals surface area contributed by atoms with Crippen molar-refractivity contribution in [1.82, 2.24) is 0 Å². The van der Waals surface area contributed by atoms with Gasteiger partial charge in [-0.2, -0.15) is 0 Å². The molecule has 0 aliphatic rings. The highest BCUT2D eigenvalue weighted by Gasteiger charge is 2.07. The van der Waals surface area contributed by atoms with Crippen LogP contribution in [0, 0.1) is 0 Å². The number of carbonyl (C=O) groups excluding carboxylic acids is 1. The average molecular weight is 313 g/mol. The van der Waals surface area contributed by atoms with Crippen molar-refractivity contribution in [3.8, 4) is 5.75 Å². The number of urea groups is 1. The highest BCUT2D eigenvalue weighted by Crippen LogP contribution is 2.29. The molecule has 0 bridgehead atoms. The zero-order valence-electron chi connectivity index (χ0n) is 11.5. The van der Waals surface area contributed by atoms with E-state index in [1.165, 1.54) is 0 Å². The van der Waals surface area contributed by atoms with Gasteiger partial charge in [0.05, 0.1) is 5.69 Å². The quantitative estimate of drug-likeness (QED) is 0.634. The first kappa shape index (κ1) is 14.2. The first-order chi connectivity index (χ1) is 10.6. The van der Waals surface area contributed by atoms with Crippen LogP contribution in [0.3, 0.4) is 0 Å². The summed E-state index contributed by atoms with van der Waals surface area (Å²) in [6.07, 6.45) is 0. The number of fused-ring (bicyclic) bond motifs is 1. The van der Waals surface area contributed by atoms with Gasteiger partial charge in [0.1, 0.15) is 5.75 Å². The van der Waals surface area contributed by atoms with Crippen LogP contribution in [0.4, 0.5) is 16.2 Å². The molecule has 0 unspecified atom stereocenters. The Kier molecular flexibility index (Phi) is 3.85. The van der Waals surface area contributed by atoms with E-state index in [2.05, 4.69) is 10.6 Å². The predicted octanol–water partition coefficient (Wildman–Crippen LogP) is 4.84. The standard InChI is InChI=1S/C17H13ClN2O2/c18-11-4-1-5-12(10-11)19-17(22)20-15-8-2-7-14-13(15)6-3-9-16(14)21/h1-10,21H,(H2,19,20,22). The van der Waals surface area contributed by atoms with Gasteiger partial charge in [-0.3, -0.25) is 0 Å². The Bertz CT molecular complexity index is 849. The molecule has 0 aromatic heterocycles. The maximum Gasteiger partial charge on any atom is 0.323 e. The van der Waals surface area contributed by atoms with Gasteiger partial charge in [-0.15, -0.1) is 0 Å². The van der Waals surface area contributed by atoms with Gasteiger partial charge in [-0.1, -0.05) is 41.9 Å². The number of hydrogen-bond acceptors (Lipinski definition) is 2. The lowest BCUT2D eigenvalue weighted by atomic mass is 10.1. The lowest BCUT2D eigenvalue weighted by Gasteiger charge is -2.11. The molecule has 4 nitrogen and oxygen atoms in total. The maximum absolute atomic E-state index is 12.1. The summed E-state index contributed by atoms with van der Waals surface area (Å²) in [4.78, 5) is 12.1. The fourth-order valence-corrected chi connectivity index (χ4v) is 2.44. The molecule has 0 aliphatic heterocycles. The fraction of sp³-hybridized carbons (Fsp3) is 0. The number of hydrogen-bond donors (Lipinski definition) is 3. The molecule has 22 heavy (non-hydrogen) atoms. The molecule has 3 aromatic carbocycles. The third kappa shape index (κ3) is 2.97. The fourth-order valence-electron chi connectivity index (χ4n) is 2.25. The highest BCUT2D eigenvalue weighted by molar-refractivity contribution is 6.30. The summed E-state index contributed by atoms with van der Waals surface area (Å²) in [5.74, 6) is 0.177. The summed E-state index contributed by atoms with van der Waals surface area (Å²) in [5, 5.41) is 17.3. The van der Waals surface area contributed by atoms with Gasteiger partial charge in [-0.25, -0.2) is 4.79 Å². The first-order valence-corrected chi connectivity index (χ1v) is 7.05. The third-order valence-corrected chi connectivity index (χ3v) is 3.46. The van der Waals surface area contributed by atoms with Gasteiger partial charge < -0.3 is 15.7 Å². The molecule has 2 amide bonds. The van der Waals surface area contributed by atoms with Crippen molar-refractivity contribution in [3.05, 3.63) is 65.7 Å². The van der Waals surface area contributed by atoms with Gasteiger partial charge in [0.2, 0.25) is 0 Å². The van der Waals surface area contributed by atoms with Gasteiger partial charge in [0.15, 0.2) is 0 Å². The van der Waals surface area contributed by atoms with Crippen molar-refractivity contribution in [2.75, 3.05) is 10.6 Å². The van der Waals surface area contributed by atoms with Crippen LogP contribution in [0.25, 0.3) is 10.8 Å². The van der Waals surface area contributed by atoms with E-state index in [-0.39, 0.29) is 11.8 Å². The number of rotatable bonds is 2. The molecule has 0 saturated heterocycles. The third-order valence-electron chi connectivity index (χ3n) is 3.23. The predicted molar refractivity (Wildman–Crippen MR) is 89.7 cm³/mol. The van der Waals surface area contributed by atoms with Crippen molar-refractivity contribution < 1.29 is 9.90 Å². The van der Waals surface area contributed by atoms with Crippen LogP contribution in [-0.4, -0.2) is 11.1 Å². The maximum atomic E-state index is 12.1. The minimum absolute atomic E-state index is 0.177. The molecule has 0 spiro atoms. The molecule has 0 radical (unpaired) electrons. The summed E-state index contributed by atoms with van der Waals surface area (Å²) < 4.78 is 0. The molecular weight excluding hydrogens is 300 g/mol. The van der Waals surface area contributed by atoms with Crippen LogP contribution < -0.4 is 10.6 Å². The van der Waals surface area contributed by atoms with Gasteiger partial charge in [0.25, 0.3) is 0 Å². The first-order valence-electron chi connectivity index (χ1n) is 6.68. The van der Waals surface area contributed by atoms with Crippen molar-refractivity contribution in [2.24, 2.45) is 0 Å². The van der Waals surface area contributed by atoms with Crippen molar-refractivity contribution in [3.63, 3.8) is 0 Å². The number of phenolic OH excluding ortho intramolecular Hbond substituents is 1. The van der Waals surface area contributed by atoms with Crippen LogP contribution in [0.15, 0.2) is 60.7 Å². The molecule has 0 atom stereocenters. The number of carbonyl (C=O) groups is 1. The van der Waals surface area contributed by atoms with Crippen LogP contribution in [0.5, 0.6) is 5.75 Å². The number of nitrogens with one attached hydrogen (secondary N) is 2. The Morgan fingerprint density at radius 2 is 1.64 bits per heavy atom. The van der Waals surface area contributed by atoms with Crippen molar-refractivity contribution in [1.29, 1.82) is 0 Å². The normalized spacial score (nSPS) is 10.4. The topological polar surface area (TPSA) is 61.4 Å². The van der Waals surface area contributed by atoms with Crippen LogP contribution in [0.2, 0.25) is 5.02 Å². The molecule has 3 N–H and O–H groups in total. The smallest absolute Gasteiger partial charge is 0.323 e. The second-order valence-electron chi connectivity index (χ2n) is 4.77. The number of phenols is 1. The number of anilines is 2. The van der Waals surface area contributed by atoms with E-state index < -0.39 is 0 Å². The molecule has 3 rings (SSSR count). The van der Waals surface area contributed by atoms with E-state index in [0.717, 1.165) is 5.39 Å². The number of halogens is 1. The minimum atomic E-state index is -0.377. The van der Waals surface area contributed by atoms with Crippen molar-refractivity contribution >= 4 is 39.8 Å². The molecule has 0 saturated carbocycles. The largest absolute Gasteiger partial charge is 0.507 e. The summed E-state index contributed by atoms with van der Waals surface area (Å²) in [5.41, 5.74) is 1.22. The van der Waals surface area contributed by atoms with E-state index in [0.29, 0.717) is 21.8 Å². The van der Waals surface area contributed by atoms with E-state index >= 15 is 0 Å². The van der Waals surface area contributed by atoms with Gasteiger partial charge in [-0.05, 0) is 30.3 Å². The molecule has 5 heteroatoms. The van der Waals surface area contributed by atoms with E-state index in [9.17, 15) is 9.90 Å². The molecule has 110 valence electrons. The average Bonchev–Trinajstić information content (AvgIpc) is 2.48. The van der Waals surface area contributed by atoms with Gasteiger partial charge >= 0.3 is 6.03 Å². The Balaban J connectivity index is 1.84. The molecule has 0 aliphatic carbocycles. The summed E-state index contributed by atoms with van der Waals surface area (Å²) in [6.45, 7) is 0. The summed E-state index contributed by atoms with van der Waals surface area (Å²) >= 11 is 5.88. The Morgan fingerprint density at radius 1 is 0.909 bits per heavy atom. The Labute approximate surface area is 132 Å². The minimum Gasteiger partial charge on any atom is -0.507 e. The van der Waals surface area contributed by atoms with Crippen LogP contribution >= 0.6 is 11.6 Å². The zero-order chi connectivity index (χ0) is 15.5. The summed E-state index contributed by atoms with van der Waals surface area (Å²) in [7, 11) is 0. The zero-order valence-corrected chi connectivity index (χ0v) is 12.3. The monoisotopic (exact) mass is 312 g/mol. The number of benzene rings is 3. The summed E-state index contributed by atoms with van der Waals surface area (Å²) in [6, 6.07) is 17.1. The van der Waals surface area contributed by atoms with Crippen LogP contribution in [0.1, 0.15) is 0 Å². The molecule has 0 fully saturated rings. The second-order valence-corrected chi connectivity index (χ2v) is 5.20. The number of amides is 2. The SMILES string of the molecule is O=C(Nc1cccc(Cl)c1)Nc1cccc2c(O)cccc12. The second kappa shape index (κ2) is 5.95. The number of aromatic hydroxyl groups is 1.